The van der Waals surface area contributed by atoms with Crippen LogP contribution in [-0.4, -0.2) is 33.5 Å². The van der Waals surface area contributed by atoms with Crippen LogP contribution in [0.2, 0.25) is 0 Å². The molecule has 1 N–H and O–H groups in total. The summed E-state index contributed by atoms with van der Waals surface area (Å²) in [5.74, 6) is -0.152. The summed E-state index contributed by atoms with van der Waals surface area (Å²) in [5.41, 5.74) is -1.87. The molecule has 0 aromatic carbocycles. The smallest absolute Gasteiger partial charge is 0.194 e. The molecule has 1 aliphatic carbocycles. The normalized spacial score (nSPS) is 26.5. The van der Waals surface area contributed by atoms with Crippen LogP contribution in [0.5, 0.6) is 0 Å². The number of fused-ring (bicyclic) bond motifs is 1. The van der Waals surface area contributed by atoms with Crippen molar-refractivity contribution in [2.45, 2.75) is 161 Å². The van der Waals surface area contributed by atoms with Gasteiger partial charge in [-0.15, -0.1) is 0 Å². The highest BCUT2D eigenvalue weighted by Crippen LogP contribution is 2.57. The van der Waals surface area contributed by atoms with Crippen molar-refractivity contribution >= 4 is 11.6 Å². The summed E-state index contributed by atoms with van der Waals surface area (Å²) >= 11 is 0. The van der Waals surface area contributed by atoms with E-state index in [1.165, 1.54) is 77.0 Å². The maximum Gasteiger partial charge on any atom is 0.194 e. The van der Waals surface area contributed by atoms with Crippen molar-refractivity contribution in [3.05, 3.63) is 11.1 Å². The number of hydrogen-bond acceptors (Lipinski definition) is 4. The minimum atomic E-state index is -1.05. The summed E-state index contributed by atoms with van der Waals surface area (Å²) in [7, 11) is 0. The average molecular weight is 463 g/mol. The van der Waals surface area contributed by atoms with Crippen LogP contribution in [0.1, 0.15) is 144 Å². The molecule has 0 radical (unpaired) electrons. The molecule has 1 fully saturated rings. The van der Waals surface area contributed by atoms with Gasteiger partial charge in [0.2, 0.25) is 0 Å². The molecule has 1 aliphatic heterocycles. The van der Waals surface area contributed by atoms with Gasteiger partial charge in [-0.1, -0.05) is 96.8 Å². The molecular weight excluding hydrogens is 412 g/mol. The molecule has 3 unspecified atom stereocenters. The molecule has 3 atom stereocenters. The minimum Gasteiger partial charge on any atom is -0.390 e. The monoisotopic (exact) mass is 462 g/mol. The predicted molar refractivity (Wildman–Crippen MR) is 135 cm³/mol. The number of aliphatic hydroxyl groups is 1. The largest absolute Gasteiger partial charge is 0.390 e. The van der Waals surface area contributed by atoms with E-state index in [2.05, 4.69) is 6.92 Å². The molecule has 0 saturated carbocycles. The third-order valence-electron chi connectivity index (χ3n) is 8.24. The quantitative estimate of drug-likeness (QED) is 0.170. The molecule has 0 bridgehead atoms. The average Bonchev–Trinajstić information content (AvgIpc) is 3.42. The highest BCUT2D eigenvalue weighted by Gasteiger charge is 2.77. The zero-order valence-electron chi connectivity index (χ0n) is 22.2. The first kappa shape index (κ1) is 28.2. The van der Waals surface area contributed by atoms with Crippen molar-refractivity contribution in [1.82, 2.24) is 0 Å². The SMILES string of the molecule is CCCCCCCCCCCCCCCCC(C)(O)CCC12OC1(C)C(=O)C(C)=C(C)C2=O. The van der Waals surface area contributed by atoms with E-state index in [1.807, 2.05) is 6.92 Å². The van der Waals surface area contributed by atoms with Crippen molar-refractivity contribution in [3.8, 4) is 0 Å². The number of carbonyl (C=O) groups excluding carboxylic acids is 2. The zero-order chi connectivity index (χ0) is 24.5. The van der Waals surface area contributed by atoms with E-state index in [9.17, 15) is 14.7 Å². The van der Waals surface area contributed by atoms with Gasteiger partial charge in [0.25, 0.3) is 0 Å². The Labute approximate surface area is 202 Å². The summed E-state index contributed by atoms with van der Waals surface area (Å²) < 4.78 is 5.79. The molecule has 1 saturated heterocycles. The number of hydrogen-bond donors (Lipinski definition) is 1. The van der Waals surface area contributed by atoms with Crippen molar-refractivity contribution in [2.75, 3.05) is 0 Å². The first-order valence-electron chi connectivity index (χ1n) is 13.8. The van der Waals surface area contributed by atoms with Gasteiger partial charge >= 0.3 is 0 Å². The summed E-state index contributed by atoms with van der Waals surface area (Å²) in [6.45, 7) is 9.27. The standard InChI is InChI=1S/C29H50O4/c1-6-7-8-9-10-11-12-13-14-15-16-17-18-19-20-27(4,32)21-22-29-26(31)24(3)23(2)25(30)28(29,5)33-29/h32H,6-22H2,1-5H3. The summed E-state index contributed by atoms with van der Waals surface area (Å²) in [6.07, 6.45) is 20.1. The van der Waals surface area contributed by atoms with Gasteiger partial charge in [0.15, 0.2) is 22.8 Å². The lowest BCUT2D eigenvalue weighted by molar-refractivity contribution is -0.125. The lowest BCUT2D eigenvalue weighted by Crippen LogP contribution is -2.44. The van der Waals surface area contributed by atoms with Gasteiger partial charge in [0.1, 0.15) is 0 Å². The topological polar surface area (TPSA) is 66.9 Å². The Bertz CT molecular complexity index is 692. The number of ketones is 2. The number of epoxide rings is 1. The van der Waals surface area contributed by atoms with E-state index in [4.69, 9.17) is 4.74 Å². The molecule has 0 spiro atoms. The number of rotatable bonds is 18. The van der Waals surface area contributed by atoms with Gasteiger partial charge < -0.3 is 9.84 Å². The summed E-state index contributed by atoms with van der Waals surface area (Å²) in [4.78, 5) is 25.4. The van der Waals surface area contributed by atoms with Crippen LogP contribution < -0.4 is 0 Å². The fraction of sp³-hybridized carbons (Fsp3) is 0.862. The van der Waals surface area contributed by atoms with E-state index < -0.39 is 16.8 Å². The number of unbranched alkanes of at least 4 members (excludes halogenated alkanes) is 13. The second-order valence-corrected chi connectivity index (χ2v) is 11.2. The molecule has 1 heterocycles. The zero-order valence-corrected chi connectivity index (χ0v) is 22.2. The van der Waals surface area contributed by atoms with Crippen LogP contribution in [0.15, 0.2) is 11.1 Å². The van der Waals surface area contributed by atoms with E-state index in [1.54, 1.807) is 20.8 Å². The van der Waals surface area contributed by atoms with Crippen LogP contribution in [-0.2, 0) is 14.3 Å². The van der Waals surface area contributed by atoms with Gasteiger partial charge in [-0.25, -0.2) is 0 Å². The second-order valence-electron chi connectivity index (χ2n) is 11.2. The van der Waals surface area contributed by atoms with E-state index >= 15 is 0 Å². The summed E-state index contributed by atoms with van der Waals surface area (Å²) in [5, 5.41) is 10.9. The Balaban J connectivity index is 1.53. The Morgan fingerprint density at radius 2 is 1.15 bits per heavy atom. The highest BCUT2D eigenvalue weighted by molar-refractivity contribution is 6.22. The van der Waals surface area contributed by atoms with E-state index in [-0.39, 0.29) is 11.6 Å². The molecule has 2 aliphatic rings. The molecule has 33 heavy (non-hydrogen) atoms. The number of carbonyl (C=O) groups is 2. The maximum atomic E-state index is 12.8. The van der Waals surface area contributed by atoms with Crippen molar-refractivity contribution in [3.63, 3.8) is 0 Å². The molecule has 2 rings (SSSR count). The Morgan fingerprint density at radius 1 is 0.727 bits per heavy atom. The van der Waals surface area contributed by atoms with Gasteiger partial charge in [-0.05, 0) is 47.0 Å². The van der Waals surface area contributed by atoms with Gasteiger partial charge in [0, 0.05) is 11.1 Å². The first-order valence-corrected chi connectivity index (χ1v) is 13.8. The number of Topliss-reactive ketones (excluding diaryl/α,β-unsaturated/α-hetero) is 2. The van der Waals surface area contributed by atoms with Crippen LogP contribution in [0.3, 0.4) is 0 Å². The predicted octanol–water partition coefficient (Wildman–Crippen LogP) is 7.40. The third-order valence-corrected chi connectivity index (χ3v) is 8.24. The summed E-state index contributed by atoms with van der Waals surface area (Å²) in [6, 6.07) is 0. The molecule has 190 valence electrons. The van der Waals surface area contributed by atoms with Crippen LogP contribution in [0.4, 0.5) is 0 Å². The van der Waals surface area contributed by atoms with Gasteiger partial charge in [0.05, 0.1) is 5.60 Å². The van der Waals surface area contributed by atoms with E-state index in [0.29, 0.717) is 24.0 Å². The maximum absolute atomic E-state index is 12.8. The molecule has 0 amide bonds. The highest BCUT2D eigenvalue weighted by atomic mass is 16.6. The van der Waals surface area contributed by atoms with Crippen molar-refractivity contribution in [1.29, 1.82) is 0 Å². The Hall–Kier alpha value is -1.00. The molecule has 4 nitrogen and oxygen atoms in total. The van der Waals surface area contributed by atoms with Crippen molar-refractivity contribution in [2.24, 2.45) is 0 Å². The third kappa shape index (κ3) is 7.24. The molecule has 0 aromatic heterocycles. The molecule has 4 heteroatoms. The first-order chi connectivity index (χ1) is 15.6. The Kier molecular flexibility index (Phi) is 10.8. The lowest BCUT2D eigenvalue weighted by atomic mass is 9.72. The van der Waals surface area contributed by atoms with Crippen molar-refractivity contribution < 1.29 is 19.4 Å². The van der Waals surface area contributed by atoms with Crippen LogP contribution in [0.25, 0.3) is 0 Å². The van der Waals surface area contributed by atoms with Crippen LogP contribution in [0, 0.1) is 0 Å². The lowest BCUT2D eigenvalue weighted by Gasteiger charge is -2.27. The minimum absolute atomic E-state index is 0.0746. The molecular formula is C29H50O4. The second kappa shape index (κ2) is 12.6. The Morgan fingerprint density at radius 3 is 1.64 bits per heavy atom. The van der Waals surface area contributed by atoms with Gasteiger partial charge in [-0.3, -0.25) is 9.59 Å². The van der Waals surface area contributed by atoms with E-state index in [0.717, 1.165) is 19.3 Å². The molecule has 0 aromatic rings. The fourth-order valence-electron chi connectivity index (χ4n) is 5.49. The van der Waals surface area contributed by atoms with Gasteiger partial charge in [-0.2, -0.15) is 0 Å². The number of ether oxygens (including phenoxy) is 1. The van der Waals surface area contributed by atoms with Crippen LogP contribution >= 0.6 is 0 Å². The fourth-order valence-corrected chi connectivity index (χ4v) is 5.49.